The fourth-order valence-electron chi connectivity index (χ4n) is 2.56. The Morgan fingerprint density at radius 3 is 3.00 bits per heavy atom. The normalized spacial score (nSPS) is 17.5. The van der Waals surface area contributed by atoms with Crippen LogP contribution in [0.25, 0.3) is 0 Å². The smallest absolute Gasteiger partial charge is 0.170 e. The van der Waals surface area contributed by atoms with E-state index in [1.54, 1.807) is 0 Å². The number of Topliss-reactive ketones (excluding diaryl/α,β-unsaturated/α-hetero) is 1. The molecule has 0 fully saturated rings. The Labute approximate surface area is 101 Å². The third kappa shape index (κ3) is 2.09. The van der Waals surface area contributed by atoms with Gasteiger partial charge in [-0.05, 0) is 36.5 Å². The van der Waals surface area contributed by atoms with Crippen LogP contribution < -0.4 is 5.32 Å². The van der Waals surface area contributed by atoms with Gasteiger partial charge in [-0.1, -0.05) is 12.1 Å². The van der Waals surface area contributed by atoms with E-state index in [1.807, 2.05) is 6.07 Å². The Morgan fingerprint density at radius 1 is 1.29 bits per heavy atom. The van der Waals surface area contributed by atoms with Crippen LogP contribution in [-0.4, -0.2) is 24.7 Å². The summed E-state index contributed by atoms with van der Waals surface area (Å²) in [7, 11) is 0. The Morgan fingerprint density at radius 2 is 2.18 bits per heavy atom. The standard InChI is InChI=1S/C14H16N2O/c17-13(9-14-15-6-7-16-14)12-5-4-10-2-1-3-11(10)8-12/h4-5,8H,1-3,6-7,9H2,(H,15,16). The summed E-state index contributed by atoms with van der Waals surface area (Å²) in [4.78, 5) is 16.3. The molecule has 1 aromatic carbocycles. The first kappa shape index (κ1) is 10.5. The van der Waals surface area contributed by atoms with Gasteiger partial charge in [-0.3, -0.25) is 9.79 Å². The second-order valence-corrected chi connectivity index (χ2v) is 4.69. The van der Waals surface area contributed by atoms with Gasteiger partial charge < -0.3 is 5.32 Å². The van der Waals surface area contributed by atoms with Crippen LogP contribution in [-0.2, 0) is 12.8 Å². The first-order chi connectivity index (χ1) is 8.33. The molecule has 0 unspecified atom stereocenters. The van der Waals surface area contributed by atoms with Crippen molar-refractivity contribution in [1.29, 1.82) is 0 Å². The molecule has 1 aromatic rings. The quantitative estimate of drug-likeness (QED) is 0.801. The molecule has 1 aliphatic carbocycles. The summed E-state index contributed by atoms with van der Waals surface area (Å²) in [6, 6.07) is 6.14. The topological polar surface area (TPSA) is 41.5 Å². The molecule has 0 radical (unpaired) electrons. The number of fused-ring (bicyclic) bond motifs is 1. The number of benzene rings is 1. The number of nitrogens with one attached hydrogen (secondary N) is 1. The maximum absolute atomic E-state index is 12.1. The molecule has 0 atom stereocenters. The van der Waals surface area contributed by atoms with Gasteiger partial charge >= 0.3 is 0 Å². The molecule has 3 rings (SSSR count). The molecule has 2 aliphatic rings. The number of amidine groups is 1. The first-order valence-corrected chi connectivity index (χ1v) is 6.25. The van der Waals surface area contributed by atoms with Gasteiger partial charge in [0, 0.05) is 12.1 Å². The highest BCUT2D eigenvalue weighted by atomic mass is 16.1. The summed E-state index contributed by atoms with van der Waals surface area (Å²) in [5.41, 5.74) is 3.61. The third-order valence-electron chi connectivity index (χ3n) is 3.49. The van der Waals surface area contributed by atoms with Gasteiger partial charge in [0.05, 0.1) is 13.0 Å². The second kappa shape index (κ2) is 4.32. The minimum absolute atomic E-state index is 0.174. The highest BCUT2D eigenvalue weighted by molar-refractivity contribution is 6.09. The molecule has 3 nitrogen and oxygen atoms in total. The van der Waals surface area contributed by atoms with Crippen LogP contribution in [0, 0.1) is 0 Å². The molecule has 0 saturated heterocycles. The molecule has 0 amide bonds. The summed E-state index contributed by atoms with van der Waals surface area (Å²) < 4.78 is 0. The summed E-state index contributed by atoms with van der Waals surface area (Å²) in [6.45, 7) is 1.67. The number of aliphatic imine (C=N–C) groups is 1. The highest BCUT2D eigenvalue weighted by Gasteiger charge is 2.16. The van der Waals surface area contributed by atoms with E-state index in [-0.39, 0.29) is 5.78 Å². The maximum Gasteiger partial charge on any atom is 0.170 e. The van der Waals surface area contributed by atoms with Gasteiger partial charge in [-0.15, -0.1) is 0 Å². The molecule has 1 heterocycles. The van der Waals surface area contributed by atoms with Crippen molar-refractivity contribution in [3.8, 4) is 0 Å². The zero-order valence-corrected chi connectivity index (χ0v) is 9.83. The Kier molecular flexibility index (Phi) is 2.67. The zero-order chi connectivity index (χ0) is 11.7. The largest absolute Gasteiger partial charge is 0.372 e. The molecule has 0 saturated carbocycles. The maximum atomic E-state index is 12.1. The van der Waals surface area contributed by atoms with Crippen molar-refractivity contribution in [2.45, 2.75) is 25.7 Å². The zero-order valence-electron chi connectivity index (χ0n) is 9.83. The van der Waals surface area contributed by atoms with Crippen LogP contribution in [0.2, 0.25) is 0 Å². The van der Waals surface area contributed by atoms with E-state index in [9.17, 15) is 4.79 Å². The number of hydrogen-bond donors (Lipinski definition) is 1. The van der Waals surface area contributed by atoms with Crippen LogP contribution in [0.3, 0.4) is 0 Å². The number of nitrogens with zero attached hydrogens (tertiary/aromatic N) is 1. The van der Waals surface area contributed by atoms with E-state index in [0.29, 0.717) is 6.42 Å². The van der Waals surface area contributed by atoms with Crippen molar-refractivity contribution in [2.24, 2.45) is 4.99 Å². The molecule has 17 heavy (non-hydrogen) atoms. The first-order valence-electron chi connectivity index (χ1n) is 6.25. The van der Waals surface area contributed by atoms with E-state index in [4.69, 9.17) is 0 Å². The fourth-order valence-corrected chi connectivity index (χ4v) is 2.56. The number of rotatable bonds is 3. The van der Waals surface area contributed by atoms with Gasteiger partial charge in [0.2, 0.25) is 0 Å². The van der Waals surface area contributed by atoms with Crippen molar-refractivity contribution < 1.29 is 4.79 Å². The number of aryl methyl sites for hydroxylation is 2. The van der Waals surface area contributed by atoms with Crippen molar-refractivity contribution in [1.82, 2.24) is 5.32 Å². The average Bonchev–Trinajstić information content (AvgIpc) is 2.97. The van der Waals surface area contributed by atoms with E-state index >= 15 is 0 Å². The third-order valence-corrected chi connectivity index (χ3v) is 3.49. The second-order valence-electron chi connectivity index (χ2n) is 4.69. The van der Waals surface area contributed by atoms with Crippen LogP contribution in [0.1, 0.15) is 34.3 Å². The highest BCUT2D eigenvalue weighted by Crippen LogP contribution is 2.23. The van der Waals surface area contributed by atoms with Gasteiger partial charge in [-0.2, -0.15) is 0 Å². The van der Waals surface area contributed by atoms with Gasteiger partial charge in [0.1, 0.15) is 5.84 Å². The van der Waals surface area contributed by atoms with Crippen molar-refractivity contribution in [3.05, 3.63) is 34.9 Å². The molecule has 88 valence electrons. The minimum Gasteiger partial charge on any atom is -0.372 e. The molecule has 3 heteroatoms. The molecule has 0 aromatic heterocycles. The van der Waals surface area contributed by atoms with Crippen molar-refractivity contribution in [3.63, 3.8) is 0 Å². The van der Waals surface area contributed by atoms with Gasteiger partial charge in [0.15, 0.2) is 5.78 Å². The van der Waals surface area contributed by atoms with Crippen LogP contribution in [0.15, 0.2) is 23.2 Å². The van der Waals surface area contributed by atoms with Gasteiger partial charge in [-0.25, -0.2) is 0 Å². The fraction of sp³-hybridized carbons (Fsp3) is 0.429. The average molecular weight is 228 g/mol. The predicted octanol–water partition coefficient (Wildman–Crippen LogP) is 1.75. The summed E-state index contributed by atoms with van der Waals surface area (Å²) in [6.07, 6.45) is 3.92. The number of ketones is 1. The van der Waals surface area contributed by atoms with Crippen LogP contribution in [0.4, 0.5) is 0 Å². The van der Waals surface area contributed by atoms with E-state index in [0.717, 1.165) is 37.3 Å². The van der Waals surface area contributed by atoms with Crippen LogP contribution >= 0.6 is 0 Å². The molecular formula is C14H16N2O. The Bertz CT molecular complexity index is 491. The van der Waals surface area contributed by atoms with Crippen molar-refractivity contribution in [2.75, 3.05) is 13.1 Å². The SMILES string of the molecule is O=C(CC1=NCCN1)c1ccc2c(c1)CCC2. The monoisotopic (exact) mass is 228 g/mol. The number of carbonyl (C=O) groups excluding carboxylic acids is 1. The Hall–Kier alpha value is -1.64. The molecule has 0 bridgehead atoms. The molecule has 1 aliphatic heterocycles. The van der Waals surface area contributed by atoms with Crippen LogP contribution in [0.5, 0.6) is 0 Å². The van der Waals surface area contributed by atoms with E-state index < -0.39 is 0 Å². The summed E-state index contributed by atoms with van der Waals surface area (Å²) in [5.74, 6) is 1.02. The number of hydrogen-bond acceptors (Lipinski definition) is 3. The lowest BCUT2D eigenvalue weighted by atomic mass is 10.0. The lowest BCUT2D eigenvalue weighted by Gasteiger charge is -2.05. The summed E-state index contributed by atoms with van der Waals surface area (Å²) in [5, 5.41) is 3.14. The predicted molar refractivity (Wildman–Crippen MR) is 67.7 cm³/mol. The molecular weight excluding hydrogens is 212 g/mol. The lowest BCUT2D eigenvalue weighted by molar-refractivity contribution is 0.1000. The van der Waals surface area contributed by atoms with Crippen molar-refractivity contribution >= 4 is 11.6 Å². The van der Waals surface area contributed by atoms with Gasteiger partial charge in [0.25, 0.3) is 0 Å². The van der Waals surface area contributed by atoms with E-state index in [2.05, 4.69) is 22.4 Å². The van der Waals surface area contributed by atoms with E-state index in [1.165, 1.54) is 17.5 Å². The number of carbonyl (C=O) groups is 1. The summed E-state index contributed by atoms with van der Waals surface area (Å²) >= 11 is 0. The molecule has 0 spiro atoms. The Balaban J connectivity index is 1.77. The minimum atomic E-state index is 0.174. The lowest BCUT2D eigenvalue weighted by Crippen LogP contribution is -2.21. The molecule has 1 N–H and O–H groups in total.